The molecule has 0 saturated heterocycles. The number of aliphatic imine (C=N–C) groups is 2. The molecule has 0 heterocycles. The summed E-state index contributed by atoms with van der Waals surface area (Å²) in [5.74, 6) is 1.30. The molecule has 0 amide bonds. The van der Waals surface area contributed by atoms with Crippen LogP contribution in [0.1, 0.15) is 0 Å². The molecular formula is C20H30Br2N6O8S. The highest BCUT2D eigenvalue weighted by atomic mass is 79.9. The maximum absolute atomic E-state index is 9.46. The average Bonchev–Trinajstić information content (AvgIpc) is 2.80. The SMILES string of the molecule is NC(N)=NCC(O)COc1ccc(Br)cc1.NC(N)=NCC(O)COc1ccc(Br)cc1.O=S(=O)(O)O. The Morgan fingerprint density at radius 1 is 0.730 bits per heavy atom. The molecular weight excluding hydrogens is 644 g/mol. The topological polar surface area (TPSA) is 262 Å². The second-order valence-corrected chi connectivity index (χ2v) is 9.54. The molecule has 17 heteroatoms. The van der Waals surface area contributed by atoms with Crippen LogP contribution in [0.15, 0.2) is 67.5 Å². The van der Waals surface area contributed by atoms with Crippen molar-refractivity contribution in [3.05, 3.63) is 57.5 Å². The fraction of sp³-hybridized carbons (Fsp3) is 0.300. The van der Waals surface area contributed by atoms with E-state index in [2.05, 4.69) is 41.8 Å². The van der Waals surface area contributed by atoms with Gasteiger partial charge < -0.3 is 42.6 Å². The van der Waals surface area contributed by atoms with Crippen LogP contribution in [-0.4, -0.2) is 78.2 Å². The van der Waals surface area contributed by atoms with Gasteiger partial charge in [0.05, 0.1) is 13.1 Å². The molecule has 2 aromatic rings. The molecule has 2 atom stereocenters. The highest BCUT2D eigenvalue weighted by Gasteiger charge is 2.05. The summed E-state index contributed by atoms with van der Waals surface area (Å²) in [5, 5.41) is 18.9. The number of nitrogens with two attached hydrogens (primary N) is 4. The average molecular weight is 674 g/mol. The van der Waals surface area contributed by atoms with Gasteiger partial charge in [-0.25, -0.2) is 0 Å². The highest BCUT2D eigenvalue weighted by molar-refractivity contribution is 9.10. The molecule has 208 valence electrons. The Balaban J connectivity index is 0.000000594. The minimum Gasteiger partial charge on any atom is -0.491 e. The summed E-state index contributed by atoms with van der Waals surface area (Å²) in [4.78, 5) is 7.37. The largest absolute Gasteiger partial charge is 0.491 e. The van der Waals surface area contributed by atoms with Crippen molar-refractivity contribution >= 4 is 54.2 Å². The first-order valence-corrected chi connectivity index (χ1v) is 13.1. The van der Waals surface area contributed by atoms with Crippen molar-refractivity contribution in [1.29, 1.82) is 0 Å². The molecule has 0 fully saturated rings. The van der Waals surface area contributed by atoms with Crippen molar-refractivity contribution in [3.63, 3.8) is 0 Å². The molecule has 0 aromatic heterocycles. The zero-order valence-corrected chi connectivity index (χ0v) is 23.4. The number of ether oxygens (including phenoxy) is 2. The number of rotatable bonds is 10. The fourth-order valence-electron chi connectivity index (χ4n) is 1.97. The third kappa shape index (κ3) is 23.5. The molecule has 0 saturated carbocycles. The molecule has 0 aliphatic carbocycles. The number of benzene rings is 2. The van der Waals surface area contributed by atoms with Crippen molar-refractivity contribution in [1.82, 2.24) is 0 Å². The summed E-state index contributed by atoms with van der Waals surface area (Å²) in [6, 6.07) is 14.6. The van der Waals surface area contributed by atoms with E-state index in [9.17, 15) is 10.2 Å². The van der Waals surface area contributed by atoms with E-state index >= 15 is 0 Å². The van der Waals surface area contributed by atoms with Crippen LogP contribution in [0.25, 0.3) is 0 Å². The zero-order chi connectivity index (χ0) is 28.4. The Morgan fingerprint density at radius 3 is 1.24 bits per heavy atom. The third-order valence-electron chi connectivity index (χ3n) is 3.48. The first kappa shape index (κ1) is 34.3. The minimum atomic E-state index is -4.67. The highest BCUT2D eigenvalue weighted by Crippen LogP contribution is 2.17. The van der Waals surface area contributed by atoms with Gasteiger partial charge in [-0.3, -0.25) is 19.1 Å². The van der Waals surface area contributed by atoms with Gasteiger partial charge in [0, 0.05) is 8.95 Å². The molecule has 12 N–H and O–H groups in total. The minimum absolute atomic E-state index is 0.0392. The number of aliphatic hydroxyl groups excluding tert-OH is 2. The van der Waals surface area contributed by atoms with Gasteiger partial charge >= 0.3 is 10.4 Å². The van der Waals surface area contributed by atoms with E-state index in [0.29, 0.717) is 11.5 Å². The number of aliphatic hydroxyl groups is 2. The molecule has 0 aliphatic rings. The number of guanidine groups is 2. The zero-order valence-electron chi connectivity index (χ0n) is 19.4. The Morgan fingerprint density at radius 2 is 1.00 bits per heavy atom. The molecule has 0 spiro atoms. The first-order valence-electron chi connectivity index (χ1n) is 10.1. The lowest BCUT2D eigenvalue weighted by molar-refractivity contribution is 0.114. The van der Waals surface area contributed by atoms with E-state index in [1.807, 2.05) is 24.3 Å². The van der Waals surface area contributed by atoms with Crippen LogP contribution >= 0.6 is 31.9 Å². The molecule has 0 aliphatic heterocycles. The maximum atomic E-state index is 9.46. The number of halogens is 2. The Kier molecular flexibility index (Phi) is 17.2. The lowest BCUT2D eigenvalue weighted by Gasteiger charge is -2.10. The van der Waals surface area contributed by atoms with Crippen molar-refractivity contribution < 1.29 is 37.2 Å². The van der Waals surface area contributed by atoms with Crippen molar-refractivity contribution in [3.8, 4) is 11.5 Å². The quantitative estimate of drug-likeness (QED) is 0.0960. The van der Waals surface area contributed by atoms with Gasteiger partial charge in [-0.1, -0.05) is 31.9 Å². The predicted molar refractivity (Wildman–Crippen MR) is 147 cm³/mol. The summed E-state index contributed by atoms with van der Waals surface area (Å²) in [7, 11) is -4.67. The Bertz CT molecular complexity index is 986. The van der Waals surface area contributed by atoms with Gasteiger partial charge in [-0.2, -0.15) is 8.42 Å². The Hall–Kier alpha value is -2.67. The number of hydrogen-bond acceptors (Lipinski definition) is 8. The molecule has 2 aromatic carbocycles. The molecule has 2 rings (SSSR count). The standard InChI is InChI=1S/2C10H14BrN3O2.H2O4S/c2*11-7-1-3-9(4-2-7)16-6-8(15)5-14-10(12)13;1-5(2,3)4/h2*1-4,8,15H,5-6H2,(H4,12,13,14);(H2,1,2,3,4). The van der Waals surface area contributed by atoms with Crippen molar-refractivity contribution in [2.45, 2.75) is 12.2 Å². The van der Waals surface area contributed by atoms with Gasteiger partial charge in [0.15, 0.2) is 11.9 Å². The van der Waals surface area contributed by atoms with Crippen LogP contribution in [0.3, 0.4) is 0 Å². The van der Waals surface area contributed by atoms with Gasteiger partial charge in [-0.15, -0.1) is 0 Å². The van der Waals surface area contributed by atoms with Crippen LogP contribution in [-0.2, 0) is 10.4 Å². The van der Waals surface area contributed by atoms with Gasteiger partial charge in [0.2, 0.25) is 0 Å². The second-order valence-electron chi connectivity index (χ2n) is 6.82. The van der Waals surface area contributed by atoms with Gasteiger partial charge in [0.1, 0.15) is 36.9 Å². The van der Waals surface area contributed by atoms with E-state index in [1.54, 1.807) is 24.3 Å². The van der Waals surface area contributed by atoms with Gasteiger partial charge in [0.25, 0.3) is 0 Å². The van der Waals surface area contributed by atoms with E-state index in [4.69, 9.17) is 49.9 Å². The molecule has 0 radical (unpaired) electrons. The van der Waals surface area contributed by atoms with Gasteiger partial charge in [-0.05, 0) is 48.5 Å². The van der Waals surface area contributed by atoms with Crippen LogP contribution < -0.4 is 32.4 Å². The first-order chi connectivity index (χ1) is 17.2. The normalized spacial score (nSPS) is 11.8. The lowest BCUT2D eigenvalue weighted by Crippen LogP contribution is -2.27. The predicted octanol–water partition coefficient (Wildman–Crippen LogP) is 0.272. The second kappa shape index (κ2) is 18.6. The summed E-state index contributed by atoms with van der Waals surface area (Å²) >= 11 is 6.63. The number of nitrogens with zero attached hydrogens (tertiary/aromatic N) is 2. The van der Waals surface area contributed by atoms with E-state index in [1.165, 1.54) is 0 Å². The lowest BCUT2D eigenvalue weighted by atomic mass is 10.3. The third-order valence-corrected chi connectivity index (χ3v) is 4.54. The summed E-state index contributed by atoms with van der Waals surface area (Å²) in [5.41, 5.74) is 20.5. The van der Waals surface area contributed by atoms with E-state index in [-0.39, 0.29) is 38.2 Å². The van der Waals surface area contributed by atoms with Crippen LogP contribution in [0.2, 0.25) is 0 Å². The molecule has 37 heavy (non-hydrogen) atoms. The number of hydrogen-bond donors (Lipinski definition) is 8. The smallest absolute Gasteiger partial charge is 0.394 e. The Labute approximate surface area is 231 Å². The molecule has 0 bridgehead atoms. The summed E-state index contributed by atoms with van der Waals surface area (Å²) in [6.07, 6.45) is -1.43. The van der Waals surface area contributed by atoms with Crippen LogP contribution in [0.5, 0.6) is 11.5 Å². The van der Waals surface area contributed by atoms with Crippen molar-refractivity contribution in [2.24, 2.45) is 32.9 Å². The van der Waals surface area contributed by atoms with Crippen LogP contribution in [0.4, 0.5) is 0 Å². The van der Waals surface area contributed by atoms with E-state index in [0.717, 1.165) is 8.95 Å². The van der Waals surface area contributed by atoms with Crippen molar-refractivity contribution in [2.75, 3.05) is 26.3 Å². The monoisotopic (exact) mass is 672 g/mol. The van der Waals surface area contributed by atoms with E-state index < -0.39 is 22.6 Å². The summed E-state index contributed by atoms with van der Waals surface area (Å²) in [6.45, 7) is 0.578. The molecule has 14 nitrogen and oxygen atoms in total. The summed E-state index contributed by atoms with van der Waals surface area (Å²) < 4.78 is 44.2. The fourth-order valence-corrected chi connectivity index (χ4v) is 2.50. The maximum Gasteiger partial charge on any atom is 0.394 e. The molecule has 2 unspecified atom stereocenters. The van der Waals surface area contributed by atoms with Crippen LogP contribution in [0, 0.1) is 0 Å².